The highest BCUT2D eigenvalue weighted by Gasteiger charge is 2.29. The van der Waals surface area contributed by atoms with Gasteiger partial charge in [-0.1, -0.05) is 32.5 Å². The molecule has 0 saturated heterocycles. The quantitative estimate of drug-likeness (QED) is 0.633. The van der Waals surface area contributed by atoms with Crippen molar-refractivity contribution in [1.29, 1.82) is 0 Å². The number of amides is 1. The van der Waals surface area contributed by atoms with E-state index in [1.54, 1.807) is 0 Å². The summed E-state index contributed by atoms with van der Waals surface area (Å²) < 4.78 is 0. The summed E-state index contributed by atoms with van der Waals surface area (Å²) in [6.45, 7) is 7.20. The van der Waals surface area contributed by atoms with Crippen molar-refractivity contribution in [2.24, 2.45) is 0 Å². The number of thioether (sulfide) groups is 1. The second-order valence-corrected chi connectivity index (χ2v) is 6.46. The Kier molecular flexibility index (Phi) is 3.71. The number of hydrogen-bond donors (Lipinski definition) is 1. The van der Waals surface area contributed by atoms with Crippen LogP contribution in [0.15, 0.2) is 5.16 Å². The lowest BCUT2D eigenvalue weighted by Crippen LogP contribution is -2.37. The molecule has 1 aromatic heterocycles. The molecule has 2 heterocycles. The molecule has 0 fully saturated rings. The fraction of sp³-hybridized carbons (Fsp3) is 0.615. The number of aromatic nitrogens is 2. The lowest BCUT2D eigenvalue weighted by atomic mass is 9.86. The molecule has 0 atom stereocenters. The molecule has 1 aliphatic heterocycles. The van der Waals surface area contributed by atoms with Crippen LogP contribution in [0.4, 0.5) is 4.79 Å². The van der Waals surface area contributed by atoms with E-state index < -0.39 is 6.09 Å². The molecule has 0 spiro atoms. The third-order valence-corrected chi connectivity index (χ3v) is 3.75. The van der Waals surface area contributed by atoms with Crippen LogP contribution in [-0.4, -0.2) is 38.9 Å². The fourth-order valence-electron chi connectivity index (χ4n) is 2.27. The Bertz CT molecular complexity index is 511. The summed E-state index contributed by atoms with van der Waals surface area (Å²) >= 11 is 1.53. The highest BCUT2D eigenvalue weighted by atomic mass is 32.2. The van der Waals surface area contributed by atoms with E-state index in [4.69, 9.17) is 5.11 Å². The number of fused-ring (bicyclic) bond motifs is 1. The van der Waals surface area contributed by atoms with Crippen LogP contribution in [0.5, 0.6) is 0 Å². The molecule has 0 unspecified atom stereocenters. The first-order valence-corrected chi connectivity index (χ1v) is 7.47. The Hall–Kier alpha value is -1.30. The van der Waals surface area contributed by atoms with Crippen LogP contribution in [0, 0.1) is 0 Å². The van der Waals surface area contributed by atoms with Gasteiger partial charge < -0.3 is 10.0 Å². The first kappa shape index (κ1) is 14.1. The van der Waals surface area contributed by atoms with E-state index in [1.165, 1.54) is 16.7 Å². The summed E-state index contributed by atoms with van der Waals surface area (Å²) in [5.74, 6) is 0. The van der Waals surface area contributed by atoms with Crippen molar-refractivity contribution in [3.63, 3.8) is 0 Å². The Morgan fingerprint density at radius 2 is 2.05 bits per heavy atom. The molecular formula is C13H19N3O2S. The minimum Gasteiger partial charge on any atom is -0.465 e. The first-order valence-electron chi connectivity index (χ1n) is 6.25. The molecule has 0 bridgehead atoms. The maximum Gasteiger partial charge on any atom is 0.407 e. The first-order chi connectivity index (χ1) is 8.82. The third kappa shape index (κ3) is 2.83. The van der Waals surface area contributed by atoms with Crippen LogP contribution in [0.2, 0.25) is 0 Å². The molecule has 5 nitrogen and oxygen atoms in total. The van der Waals surface area contributed by atoms with E-state index in [9.17, 15) is 4.79 Å². The monoisotopic (exact) mass is 281 g/mol. The SMILES string of the molecule is CSc1nc2c(c(C(C)(C)C)n1)CN(C(=O)O)CC2. The van der Waals surface area contributed by atoms with Crippen molar-refractivity contribution < 1.29 is 9.90 Å². The van der Waals surface area contributed by atoms with Crippen LogP contribution in [-0.2, 0) is 18.4 Å². The second kappa shape index (κ2) is 5.00. The van der Waals surface area contributed by atoms with E-state index in [-0.39, 0.29) is 5.41 Å². The van der Waals surface area contributed by atoms with Gasteiger partial charge in [0.05, 0.1) is 17.9 Å². The maximum absolute atomic E-state index is 11.1. The number of carbonyl (C=O) groups is 1. The van der Waals surface area contributed by atoms with Crippen molar-refractivity contribution in [3.05, 3.63) is 17.0 Å². The minimum absolute atomic E-state index is 0.112. The summed E-state index contributed by atoms with van der Waals surface area (Å²) in [7, 11) is 0. The van der Waals surface area contributed by atoms with Crippen LogP contribution in [0.3, 0.4) is 0 Å². The van der Waals surface area contributed by atoms with Gasteiger partial charge in [0.1, 0.15) is 0 Å². The predicted octanol–water partition coefficient (Wildman–Crippen LogP) is 2.53. The van der Waals surface area contributed by atoms with E-state index in [0.717, 1.165) is 22.1 Å². The van der Waals surface area contributed by atoms with Gasteiger partial charge in [-0.2, -0.15) is 0 Å². The Balaban J connectivity index is 2.51. The van der Waals surface area contributed by atoms with Gasteiger partial charge in [0, 0.05) is 23.9 Å². The zero-order chi connectivity index (χ0) is 14.2. The molecule has 1 aromatic rings. The van der Waals surface area contributed by atoms with Gasteiger partial charge >= 0.3 is 6.09 Å². The van der Waals surface area contributed by atoms with E-state index in [0.29, 0.717) is 19.5 Å². The number of hydrogen-bond acceptors (Lipinski definition) is 4. The molecular weight excluding hydrogens is 262 g/mol. The molecule has 2 rings (SSSR count). The standard InChI is InChI=1S/C13H19N3O2S/c1-13(2,3)10-8-7-16(12(17)18)6-5-9(8)14-11(15-10)19-4/h5-7H2,1-4H3,(H,17,18). The van der Waals surface area contributed by atoms with Gasteiger partial charge in [-0.05, 0) is 6.26 Å². The lowest BCUT2D eigenvalue weighted by molar-refractivity contribution is 0.139. The van der Waals surface area contributed by atoms with Crippen LogP contribution >= 0.6 is 11.8 Å². The number of rotatable bonds is 1. The number of carboxylic acid groups (broad SMARTS) is 1. The fourth-order valence-corrected chi connectivity index (χ4v) is 2.65. The molecule has 0 aliphatic carbocycles. The average Bonchev–Trinajstić information content (AvgIpc) is 2.35. The summed E-state index contributed by atoms with van der Waals surface area (Å²) in [4.78, 5) is 21.7. The molecule has 0 radical (unpaired) electrons. The van der Waals surface area contributed by atoms with Crippen molar-refractivity contribution in [2.45, 2.75) is 44.3 Å². The molecule has 1 N–H and O–H groups in total. The Morgan fingerprint density at radius 3 is 2.58 bits per heavy atom. The molecule has 19 heavy (non-hydrogen) atoms. The smallest absolute Gasteiger partial charge is 0.407 e. The topological polar surface area (TPSA) is 66.3 Å². The maximum atomic E-state index is 11.1. The van der Waals surface area contributed by atoms with E-state index >= 15 is 0 Å². The van der Waals surface area contributed by atoms with Crippen molar-refractivity contribution in [2.75, 3.05) is 12.8 Å². The van der Waals surface area contributed by atoms with Gasteiger partial charge in [0.15, 0.2) is 5.16 Å². The molecule has 0 saturated carbocycles. The van der Waals surface area contributed by atoms with E-state index in [1.807, 2.05) is 6.26 Å². The lowest BCUT2D eigenvalue weighted by Gasteiger charge is -2.31. The summed E-state index contributed by atoms with van der Waals surface area (Å²) in [5, 5.41) is 9.91. The molecule has 104 valence electrons. The summed E-state index contributed by atoms with van der Waals surface area (Å²) in [5.41, 5.74) is 2.84. The van der Waals surface area contributed by atoms with Crippen molar-refractivity contribution in [3.8, 4) is 0 Å². The second-order valence-electron chi connectivity index (χ2n) is 5.69. The molecule has 6 heteroatoms. The van der Waals surface area contributed by atoms with Gasteiger partial charge in [-0.25, -0.2) is 14.8 Å². The third-order valence-electron chi connectivity index (χ3n) is 3.20. The molecule has 1 amide bonds. The van der Waals surface area contributed by atoms with Crippen molar-refractivity contribution in [1.82, 2.24) is 14.9 Å². The van der Waals surface area contributed by atoms with Crippen LogP contribution in [0.25, 0.3) is 0 Å². The summed E-state index contributed by atoms with van der Waals surface area (Å²) in [6.07, 6.45) is 1.75. The van der Waals surface area contributed by atoms with Gasteiger partial charge in [0.2, 0.25) is 0 Å². The van der Waals surface area contributed by atoms with Crippen LogP contribution < -0.4 is 0 Å². The van der Waals surface area contributed by atoms with Crippen LogP contribution in [0.1, 0.15) is 37.7 Å². The van der Waals surface area contributed by atoms with E-state index in [2.05, 4.69) is 30.7 Å². The van der Waals surface area contributed by atoms with Gasteiger partial charge in [-0.15, -0.1) is 0 Å². The Morgan fingerprint density at radius 1 is 1.37 bits per heavy atom. The van der Waals surface area contributed by atoms with Gasteiger partial charge in [0.25, 0.3) is 0 Å². The normalized spacial score (nSPS) is 15.3. The summed E-state index contributed by atoms with van der Waals surface area (Å²) in [6, 6.07) is 0. The molecule has 0 aromatic carbocycles. The largest absolute Gasteiger partial charge is 0.465 e. The van der Waals surface area contributed by atoms with Crippen molar-refractivity contribution >= 4 is 17.9 Å². The highest BCUT2D eigenvalue weighted by molar-refractivity contribution is 7.98. The highest BCUT2D eigenvalue weighted by Crippen LogP contribution is 2.30. The van der Waals surface area contributed by atoms with Gasteiger partial charge in [-0.3, -0.25) is 0 Å². The average molecular weight is 281 g/mol. The number of nitrogens with zero attached hydrogens (tertiary/aromatic N) is 3. The predicted molar refractivity (Wildman–Crippen MR) is 74.7 cm³/mol. The Labute approximate surface area is 117 Å². The zero-order valence-corrected chi connectivity index (χ0v) is 12.5. The minimum atomic E-state index is -0.876. The molecule has 1 aliphatic rings. The zero-order valence-electron chi connectivity index (χ0n) is 11.7.